The summed E-state index contributed by atoms with van der Waals surface area (Å²) in [5, 5.41) is 0. The number of nitrogens with two attached hydrogens (primary N) is 1. The van der Waals surface area contributed by atoms with Gasteiger partial charge in [-0.05, 0) is 64.7 Å². The van der Waals surface area contributed by atoms with Gasteiger partial charge in [-0.15, -0.1) is 0 Å². The van der Waals surface area contributed by atoms with E-state index in [4.69, 9.17) is 10.5 Å². The van der Waals surface area contributed by atoms with Crippen molar-refractivity contribution >= 4 is 21.6 Å². The molecule has 0 aliphatic carbocycles. The Morgan fingerprint density at radius 1 is 1.11 bits per heavy atom. The maximum atomic E-state index is 5.84. The van der Waals surface area contributed by atoms with Crippen LogP contribution in [-0.4, -0.2) is 0 Å². The lowest BCUT2D eigenvalue weighted by Crippen LogP contribution is -1.98. The number of hydrogen-bond donors (Lipinski definition) is 1. The van der Waals surface area contributed by atoms with Crippen molar-refractivity contribution in [2.45, 2.75) is 20.5 Å². The lowest BCUT2D eigenvalue weighted by atomic mass is 10.1. The minimum atomic E-state index is 0.530. The maximum Gasteiger partial charge on any atom is 0.122 e. The number of rotatable bonds is 3. The van der Waals surface area contributed by atoms with E-state index in [0.717, 1.165) is 27.0 Å². The summed E-state index contributed by atoms with van der Waals surface area (Å²) in [5.74, 6) is 0.927. The Labute approximate surface area is 116 Å². The van der Waals surface area contributed by atoms with Gasteiger partial charge in [-0.2, -0.15) is 0 Å². The number of aryl methyl sites for hydroxylation is 2. The van der Waals surface area contributed by atoms with Gasteiger partial charge in [-0.1, -0.05) is 18.2 Å². The summed E-state index contributed by atoms with van der Waals surface area (Å²) in [7, 11) is 0. The molecule has 0 aromatic heterocycles. The van der Waals surface area contributed by atoms with Crippen LogP contribution in [0.25, 0.3) is 0 Å². The van der Waals surface area contributed by atoms with E-state index < -0.39 is 0 Å². The molecular weight excluding hydrogens is 290 g/mol. The van der Waals surface area contributed by atoms with Gasteiger partial charge in [0.25, 0.3) is 0 Å². The number of anilines is 1. The van der Waals surface area contributed by atoms with Gasteiger partial charge < -0.3 is 10.5 Å². The monoisotopic (exact) mass is 305 g/mol. The average molecular weight is 306 g/mol. The molecule has 2 aromatic rings. The molecule has 0 unspecified atom stereocenters. The van der Waals surface area contributed by atoms with Crippen molar-refractivity contribution in [1.29, 1.82) is 0 Å². The largest absolute Gasteiger partial charge is 0.489 e. The molecule has 0 aliphatic rings. The topological polar surface area (TPSA) is 35.2 Å². The summed E-state index contributed by atoms with van der Waals surface area (Å²) in [6.45, 7) is 4.64. The first-order valence-corrected chi connectivity index (χ1v) is 6.59. The van der Waals surface area contributed by atoms with Crippen molar-refractivity contribution in [2.75, 3.05) is 5.73 Å². The first-order valence-electron chi connectivity index (χ1n) is 5.80. The minimum Gasteiger partial charge on any atom is -0.489 e. The highest BCUT2D eigenvalue weighted by atomic mass is 79.9. The molecule has 0 radical (unpaired) electrons. The van der Waals surface area contributed by atoms with Crippen LogP contribution in [0.4, 0.5) is 5.69 Å². The molecular formula is C15H16BrNO. The van der Waals surface area contributed by atoms with Crippen molar-refractivity contribution in [1.82, 2.24) is 0 Å². The van der Waals surface area contributed by atoms with Gasteiger partial charge in [0.1, 0.15) is 12.4 Å². The fourth-order valence-corrected chi connectivity index (χ4v) is 1.95. The van der Waals surface area contributed by atoms with Gasteiger partial charge in [-0.3, -0.25) is 0 Å². The summed E-state index contributed by atoms with van der Waals surface area (Å²) in [5.41, 5.74) is 9.98. The van der Waals surface area contributed by atoms with E-state index in [-0.39, 0.29) is 0 Å². The van der Waals surface area contributed by atoms with Crippen molar-refractivity contribution in [2.24, 2.45) is 0 Å². The fraction of sp³-hybridized carbons (Fsp3) is 0.200. The van der Waals surface area contributed by atoms with Gasteiger partial charge in [0, 0.05) is 10.2 Å². The molecule has 18 heavy (non-hydrogen) atoms. The first kappa shape index (κ1) is 13.0. The van der Waals surface area contributed by atoms with E-state index in [1.807, 2.05) is 25.1 Å². The highest BCUT2D eigenvalue weighted by Crippen LogP contribution is 2.23. The first-order chi connectivity index (χ1) is 8.56. The second kappa shape index (κ2) is 5.44. The SMILES string of the molecule is Cc1ccc(C)c(OCc2ccc(Br)c(N)c2)c1. The van der Waals surface area contributed by atoms with E-state index >= 15 is 0 Å². The van der Waals surface area contributed by atoms with Gasteiger partial charge in [-0.25, -0.2) is 0 Å². The number of nitrogen functional groups attached to an aromatic ring is 1. The predicted molar refractivity (Wildman–Crippen MR) is 78.8 cm³/mol. The van der Waals surface area contributed by atoms with E-state index in [9.17, 15) is 0 Å². The van der Waals surface area contributed by atoms with Crippen molar-refractivity contribution in [3.05, 3.63) is 57.6 Å². The average Bonchev–Trinajstić information content (AvgIpc) is 2.34. The van der Waals surface area contributed by atoms with E-state index in [2.05, 4.69) is 41.1 Å². The molecule has 0 heterocycles. The predicted octanol–water partition coefficient (Wildman–Crippen LogP) is 4.23. The molecule has 0 saturated carbocycles. The van der Waals surface area contributed by atoms with Crippen LogP contribution in [0.5, 0.6) is 5.75 Å². The van der Waals surface area contributed by atoms with E-state index in [1.54, 1.807) is 0 Å². The van der Waals surface area contributed by atoms with Crippen LogP contribution in [0.3, 0.4) is 0 Å². The molecule has 94 valence electrons. The maximum absolute atomic E-state index is 5.84. The van der Waals surface area contributed by atoms with Crippen molar-refractivity contribution < 1.29 is 4.74 Å². The van der Waals surface area contributed by atoms with Gasteiger partial charge in [0.2, 0.25) is 0 Å². The minimum absolute atomic E-state index is 0.530. The highest BCUT2D eigenvalue weighted by Gasteiger charge is 2.02. The normalized spacial score (nSPS) is 10.4. The quantitative estimate of drug-likeness (QED) is 0.861. The summed E-state index contributed by atoms with van der Waals surface area (Å²) in [4.78, 5) is 0. The van der Waals surface area contributed by atoms with Gasteiger partial charge in [0.15, 0.2) is 0 Å². The van der Waals surface area contributed by atoms with E-state index in [0.29, 0.717) is 6.61 Å². The lowest BCUT2D eigenvalue weighted by molar-refractivity contribution is 0.304. The Balaban J connectivity index is 2.11. The summed E-state index contributed by atoms with van der Waals surface area (Å²) in [6, 6.07) is 12.1. The molecule has 0 amide bonds. The van der Waals surface area contributed by atoms with Gasteiger partial charge in [0.05, 0.1) is 0 Å². The van der Waals surface area contributed by atoms with Gasteiger partial charge >= 0.3 is 0 Å². The smallest absolute Gasteiger partial charge is 0.122 e. The number of ether oxygens (including phenoxy) is 1. The molecule has 2 N–H and O–H groups in total. The summed E-state index contributed by atoms with van der Waals surface area (Å²) >= 11 is 3.38. The fourth-order valence-electron chi connectivity index (χ4n) is 1.71. The molecule has 0 fully saturated rings. The molecule has 0 aliphatic heterocycles. The molecule has 2 aromatic carbocycles. The molecule has 0 spiro atoms. The number of hydrogen-bond acceptors (Lipinski definition) is 2. The molecule has 0 atom stereocenters. The molecule has 2 rings (SSSR count). The molecule has 3 heteroatoms. The van der Waals surface area contributed by atoms with Crippen LogP contribution >= 0.6 is 15.9 Å². The van der Waals surface area contributed by atoms with Crippen LogP contribution in [0, 0.1) is 13.8 Å². The van der Waals surface area contributed by atoms with Crippen LogP contribution in [0.1, 0.15) is 16.7 Å². The summed E-state index contributed by atoms with van der Waals surface area (Å²) in [6.07, 6.45) is 0. The number of halogens is 1. The van der Waals surface area contributed by atoms with Crippen LogP contribution < -0.4 is 10.5 Å². The molecule has 0 bridgehead atoms. The zero-order chi connectivity index (χ0) is 13.1. The Bertz CT molecular complexity index is 566. The number of benzene rings is 2. The zero-order valence-electron chi connectivity index (χ0n) is 10.5. The van der Waals surface area contributed by atoms with Crippen molar-refractivity contribution in [3.63, 3.8) is 0 Å². The standard InChI is InChI=1S/C15H16BrNO/c1-10-3-4-11(2)15(7-10)18-9-12-5-6-13(16)14(17)8-12/h3-8H,9,17H2,1-2H3. The second-order valence-corrected chi connectivity index (χ2v) is 5.27. The summed E-state index contributed by atoms with van der Waals surface area (Å²) < 4.78 is 6.74. The Morgan fingerprint density at radius 3 is 2.61 bits per heavy atom. The van der Waals surface area contributed by atoms with Crippen molar-refractivity contribution in [3.8, 4) is 5.75 Å². The Kier molecular flexibility index (Phi) is 3.92. The van der Waals surface area contributed by atoms with Crippen LogP contribution in [0.15, 0.2) is 40.9 Å². The van der Waals surface area contributed by atoms with E-state index in [1.165, 1.54) is 5.56 Å². The molecule has 0 saturated heterocycles. The third-order valence-electron chi connectivity index (χ3n) is 2.80. The lowest BCUT2D eigenvalue weighted by Gasteiger charge is -2.10. The third-order valence-corrected chi connectivity index (χ3v) is 3.52. The van der Waals surface area contributed by atoms with Crippen LogP contribution in [0.2, 0.25) is 0 Å². The Hall–Kier alpha value is -1.48. The highest BCUT2D eigenvalue weighted by molar-refractivity contribution is 9.10. The molecule has 2 nitrogen and oxygen atoms in total. The Morgan fingerprint density at radius 2 is 1.89 bits per heavy atom. The zero-order valence-corrected chi connectivity index (χ0v) is 12.1. The third kappa shape index (κ3) is 3.05. The second-order valence-electron chi connectivity index (χ2n) is 4.41. The van der Waals surface area contributed by atoms with Crippen LogP contribution in [-0.2, 0) is 6.61 Å².